The number of rotatable bonds is 4. The summed E-state index contributed by atoms with van der Waals surface area (Å²) >= 11 is 0. The van der Waals surface area contributed by atoms with Crippen LogP contribution in [0.15, 0.2) is 0 Å². The van der Waals surface area contributed by atoms with Crippen LogP contribution in [0, 0.1) is 5.41 Å². The molecule has 1 amide bonds. The van der Waals surface area contributed by atoms with E-state index in [0.29, 0.717) is 17.4 Å². The molecular weight excluding hydrogens is 224 g/mol. The van der Waals surface area contributed by atoms with Gasteiger partial charge in [-0.2, -0.15) is 0 Å². The molecule has 0 radical (unpaired) electrons. The average Bonchev–Trinajstić information content (AvgIpc) is 2.77. The number of carbonyl (C=O) groups is 1. The average molecular weight is 252 g/mol. The molecule has 1 aliphatic carbocycles. The zero-order valence-corrected chi connectivity index (χ0v) is 12.3. The summed E-state index contributed by atoms with van der Waals surface area (Å²) in [5, 5.41) is 3.47. The van der Waals surface area contributed by atoms with Gasteiger partial charge in [-0.1, -0.05) is 33.6 Å². The number of amides is 1. The fraction of sp³-hybridized carbons (Fsp3) is 0.933. The number of hydrogen-bond acceptors (Lipinski definition) is 2. The van der Waals surface area contributed by atoms with Gasteiger partial charge in [-0.15, -0.1) is 0 Å². The monoisotopic (exact) mass is 252 g/mol. The molecule has 104 valence electrons. The third-order valence-electron chi connectivity index (χ3n) is 4.59. The van der Waals surface area contributed by atoms with Gasteiger partial charge in [0.2, 0.25) is 5.91 Å². The maximum absolute atomic E-state index is 12.5. The van der Waals surface area contributed by atoms with Gasteiger partial charge >= 0.3 is 0 Å². The summed E-state index contributed by atoms with van der Waals surface area (Å²) in [6.07, 6.45) is 7.09. The highest BCUT2D eigenvalue weighted by atomic mass is 16.2. The molecule has 2 aliphatic rings. The van der Waals surface area contributed by atoms with Crippen molar-refractivity contribution in [1.29, 1.82) is 0 Å². The van der Waals surface area contributed by atoms with Gasteiger partial charge in [0.05, 0.1) is 12.2 Å². The quantitative estimate of drug-likeness (QED) is 0.834. The second-order valence-corrected chi connectivity index (χ2v) is 6.84. The van der Waals surface area contributed by atoms with Crippen molar-refractivity contribution in [1.82, 2.24) is 10.2 Å². The summed E-state index contributed by atoms with van der Waals surface area (Å²) in [7, 11) is 0. The molecule has 0 aromatic heterocycles. The van der Waals surface area contributed by atoms with Crippen LogP contribution in [-0.2, 0) is 4.79 Å². The summed E-state index contributed by atoms with van der Waals surface area (Å²) in [6.45, 7) is 8.95. The van der Waals surface area contributed by atoms with Gasteiger partial charge in [0.15, 0.2) is 0 Å². The van der Waals surface area contributed by atoms with E-state index in [1.54, 1.807) is 0 Å². The van der Waals surface area contributed by atoms with Crippen molar-refractivity contribution in [2.24, 2.45) is 5.41 Å². The third-order valence-corrected chi connectivity index (χ3v) is 4.59. The number of nitrogens with one attached hydrogen (secondary N) is 1. The van der Waals surface area contributed by atoms with Crippen LogP contribution in [0.2, 0.25) is 0 Å². The van der Waals surface area contributed by atoms with Crippen molar-refractivity contribution in [2.75, 3.05) is 0 Å². The number of nitrogens with zero attached hydrogens (tertiary/aromatic N) is 1. The van der Waals surface area contributed by atoms with E-state index in [-0.39, 0.29) is 12.2 Å². The van der Waals surface area contributed by atoms with Gasteiger partial charge in [0.25, 0.3) is 0 Å². The molecule has 3 atom stereocenters. The van der Waals surface area contributed by atoms with E-state index in [2.05, 4.69) is 37.9 Å². The van der Waals surface area contributed by atoms with Crippen LogP contribution in [-0.4, -0.2) is 29.1 Å². The van der Waals surface area contributed by atoms with Crippen LogP contribution in [0.3, 0.4) is 0 Å². The summed E-state index contributed by atoms with van der Waals surface area (Å²) < 4.78 is 0. The van der Waals surface area contributed by atoms with Crippen molar-refractivity contribution >= 4 is 5.91 Å². The first-order chi connectivity index (χ1) is 8.44. The van der Waals surface area contributed by atoms with Crippen LogP contribution < -0.4 is 5.32 Å². The molecule has 1 heterocycles. The van der Waals surface area contributed by atoms with E-state index in [1.165, 1.54) is 12.8 Å². The lowest BCUT2D eigenvalue weighted by atomic mass is 9.91. The molecule has 3 heteroatoms. The summed E-state index contributed by atoms with van der Waals surface area (Å²) in [6, 6.07) is 0.533. The number of hydrogen-bond donors (Lipinski definition) is 1. The zero-order valence-electron chi connectivity index (χ0n) is 12.3. The van der Waals surface area contributed by atoms with Gasteiger partial charge < -0.3 is 4.90 Å². The maximum atomic E-state index is 12.5. The van der Waals surface area contributed by atoms with Crippen LogP contribution in [0.5, 0.6) is 0 Å². The van der Waals surface area contributed by atoms with Crippen molar-refractivity contribution in [3.63, 3.8) is 0 Å². The predicted molar refractivity (Wildman–Crippen MR) is 74.2 cm³/mol. The Morgan fingerprint density at radius 2 is 2.17 bits per heavy atom. The molecule has 0 spiro atoms. The van der Waals surface area contributed by atoms with Crippen molar-refractivity contribution < 1.29 is 4.79 Å². The highest BCUT2D eigenvalue weighted by Gasteiger charge is 2.44. The van der Waals surface area contributed by atoms with Crippen LogP contribution in [0.25, 0.3) is 0 Å². The van der Waals surface area contributed by atoms with Gasteiger partial charge in [0, 0.05) is 6.04 Å². The normalized spacial score (nSPS) is 35.4. The van der Waals surface area contributed by atoms with Crippen LogP contribution >= 0.6 is 0 Å². The Balaban J connectivity index is 1.99. The minimum atomic E-state index is 0.0728. The van der Waals surface area contributed by atoms with E-state index in [9.17, 15) is 4.79 Å². The van der Waals surface area contributed by atoms with E-state index in [1.807, 2.05) is 0 Å². The molecule has 2 fully saturated rings. The molecule has 1 saturated carbocycles. The molecule has 18 heavy (non-hydrogen) atoms. The largest absolute Gasteiger partial charge is 0.323 e. The fourth-order valence-electron chi connectivity index (χ4n) is 3.56. The molecule has 3 unspecified atom stereocenters. The van der Waals surface area contributed by atoms with E-state index < -0.39 is 0 Å². The van der Waals surface area contributed by atoms with Crippen molar-refractivity contribution in [3.8, 4) is 0 Å². The van der Waals surface area contributed by atoms with Crippen LogP contribution in [0.1, 0.15) is 66.2 Å². The highest BCUT2D eigenvalue weighted by molar-refractivity contribution is 5.84. The second-order valence-electron chi connectivity index (χ2n) is 6.84. The lowest BCUT2D eigenvalue weighted by Gasteiger charge is -2.29. The van der Waals surface area contributed by atoms with Crippen molar-refractivity contribution in [3.05, 3.63) is 0 Å². The summed E-state index contributed by atoms with van der Waals surface area (Å²) in [5.41, 5.74) is 0.409. The Hall–Kier alpha value is -0.570. The molecule has 1 N–H and O–H groups in total. The number of unbranched alkanes of at least 4 members (excludes halogenated alkanes) is 1. The highest BCUT2D eigenvalue weighted by Crippen LogP contribution is 2.40. The van der Waals surface area contributed by atoms with E-state index in [0.717, 1.165) is 25.7 Å². The Morgan fingerprint density at radius 3 is 2.72 bits per heavy atom. The topological polar surface area (TPSA) is 32.3 Å². The Labute approximate surface area is 111 Å². The van der Waals surface area contributed by atoms with E-state index in [4.69, 9.17) is 0 Å². The maximum Gasteiger partial charge on any atom is 0.241 e. The molecule has 0 bridgehead atoms. The Morgan fingerprint density at radius 1 is 1.44 bits per heavy atom. The van der Waals surface area contributed by atoms with Gasteiger partial charge in [-0.25, -0.2) is 0 Å². The molecule has 3 nitrogen and oxygen atoms in total. The first kappa shape index (κ1) is 13.9. The molecule has 1 saturated heterocycles. The fourth-order valence-corrected chi connectivity index (χ4v) is 3.56. The molecular formula is C15H28N2O. The number of carbonyl (C=O) groups excluding carboxylic acids is 1. The Kier molecular flexibility index (Phi) is 4.00. The molecule has 1 aliphatic heterocycles. The lowest BCUT2D eigenvalue weighted by molar-refractivity contribution is -0.132. The third kappa shape index (κ3) is 2.71. The minimum Gasteiger partial charge on any atom is -0.323 e. The molecule has 2 rings (SSSR count). The summed E-state index contributed by atoms with van der Waals surface area (Å²) in [4.78, 5) is 14.6. The lowest BCUT2D eigenvalue weighted by Crippen LogP contribution is -2.42. The van der Waals surface area contributed by atoms with Gasteiger partial charge in [0.1, 0.15) is 0 Å². The summed E-state index contributed by atoms with van der Waals surface area (Å²) in [5.74, 6) is 0.346. The zero-order chi connectivity index (χ0) is 13.3. The standard InChI is InChI=1S/C15H28N2O/c1-5-6-7-13-14(18)17(11(2)16-13)12-8-9-15(3,4)10-12/h11-13,16H,5-10H2,1-4H3. The first-order valence-corrected chi connectivity index (χ1v) is 7.53. The Bertz CT molecular complexity index is 314. The van der Waals surface area contributed by atoms with E-state index >= 15 is 0 Å². The van der Waals surface area contributed by atoms with Crippen molar-refractivity contribution in [2.45, 2.75) is 84.5 Å². The molecule has 0 aromatic carbocycles. The second kappa shape index (κ2) is 5.20. The first-order valence-electron chi connectivity index (χ1n) is 7.53. The van der Waals surface area contributed by atoms with Gasteiger partial charge in [-0.05, 0) is 38.0 Å². The molecule has 0 aromatic rings. The smallest absolute Gasteiger partial charge is 0.241 e. The predicted octanol–water partition coefficient (Wildman–Crippen LogP) is 2.90. The minimum absolute atomic E-state index is 0.0728. The SMILES string of the molecule is CCCCC1NC(C)N(C2CCC(C)(C)C2)C1=O. The van der Waals surface area contributed by atoms with Crippen LogP contribution in [0.4, 0.5) is 0 Å². The van der Waals surface area contributed by atoms with Gasteiger partial charge in [-0.3, -0.25) is 10.1 Å².